The number of urea groups is 1. The Balaban J connectivity index is 1.64. The molecule has 3 aromatic rings. The summed E-state index contributed by atoms with van der Waals surface area (Å²) in [4.78, 5) is 28.0. The fraction of sp³-hybridized carbons (Fsp3) is 0.240. The maximum atomic E-state index is 15.0. The first-order valence-corrected chi connectivity index (χ1v) is 10.6. The Morgan fingerprint density at radius 1 is 1.09 bits per heavy atom. The molecule has 0 spiro atoms. The topological polar surface area (TPSA) is 78.7 Å². The number of nitrogens with zero attached hydrogens (tertiary/aromatic N) is 4. The van der Waals surface area contributed by atoms with Gasteiger partial charge in [0.1, 0.15) is 5.69 Å². The molecule has 1 N–H and O–H groups in total. The van der Waals surface area contributed by atoms with Crippen molar-refractivity contribution in [1.29, 1.82) is 0 Å². The lowest BCUT2D eigenvalue weighted by Gasteiger charge is -2.45. The number of anilines is 1. The van der Waals surface area contributed by atoms with Crippen molar-refractivity contribution in [2.45, 2.75) is 25.4 Å². The maximum Gasteiger partial charge on any atom is 0.332 e. The summed E-state index contributed by atoms with van der Waals surface area (Å²) in [7, 11) is 1.46. The van der Waals surface area contributed by atoms with E-state index >= 15 is 0 Å². The Hall–Kier alpha value is -4.03. The van der Waals surface area contributed by atoms with Gasteiger partial charge in [-0.2, -0.15) is 5.10 Å². The molecule has 0 unspecified atom stereocenters. The normalized spacial score (nSPS) is 18.1. The Morgan fingerprint density at radius 2 is 1.74 bits per heavy atom. The molecule has 3 amide bonds. The van der Waals surface area contributed by atoms with Gasteiger partial charge in [-0.25, -0.2) is 18.5 Å². The number of carbonyl (C=O) groups is 2. The van der Waals surface area contributed by atoms with E-state index in [4.69, 9.17) is 5.11 Å². The predicted octanol–water partition coefficient (Wildman–Crippen LogP) is 3.26. The number of imide groups is 1. The Kier molecular flexibility index (Phi) is 6.18. The van der Waals surface area contributed by atoms with Gasteiger partial charge in [0, 0.05) is 29.9 Å². The van der Waals surface area contributed by atoms with E-state index in [-0.39, 0.29) is 25.1 Å². The van der Waals surface area contributed by atoms with Crippen LogP contribution in [0, 0.1) is 23.5 Å². The molecule has 1 aliphatic rings. The Labute approximate surface area is 195 Å². The fourth-order valence-electron chi connectivity index (χ4n) is 3.86. The van der Waals surface area contributed by atoms with Crippen LogP contribution < -0.4 is 4.90 Å². The smallest absolute Gasteiger partial charge is 0.332 e. The second-order valence-corrected chi connectivity index (χ2v) is 8.14. The zero-order chi connectivity index (χ0) is 24.5. The van der Waals surface area contributed by atoms with E-state index in [9.17, 15) is 18.4 Å². The van der Waals surface area contributed by atoms with Gasteiger partial charge in [0.05, 0.1) is 31.3 Å². The van der Waals surface area contributed by atoms with Crippen LogP contribution in [0.3, 0.4) is 0 Å². The number of aromatic nitrogens is 2. The molecule has 1 fully saturated rings. The molecule has 2 aromatic carbocycles. The molecule has 0 bridgehead atoms. The van der Waals surface area contributed by atoms with E-state index in [1.165, 1.54) is 22.8 Å². The van der Waals surface area contributed by atoms with Crippen LogP contribution in [-0.4, -0.2) is 45.4 Å². The van der Waals surface area contributed by atoms with Crippen molar-refractivity contribution in [2.24, 2.45) is 0 Å². The van der Waals surface area contributed by atoms with Crippen molar-refractivity contribution in [3.8, 4) is 11.8 Å². The van der Waals surface area contributed by atoms with Crippen LogP contribution in [-0.2, 0) is 16.9 Å². The van der Waals surface area contributed by atoms with Crippen molar-refractivity contribution in [3.05, 3.63) is 83.2 Å². The SMILES string of the molecule is CN1C(=O)N(c2c(F)cc(C#Cc3ccccc3)cc2F)C(=O)C[C@@]1(C)c1cnn(CCO)c1. The minimum absolute atomic E-state index is 0.0778. The summed E-state index contributed by atoms with van der Waals surface area (Å²) in [5.41, 5.74) is -0.486. The van der Waals surface area contributed by atoms with E-state index in [0.29, 0.717) is 16.0 Å². The van der Waals surface area contributed by atoms with Gasteiger partial charge in [-0.15, -0.1) is 0 Å². The number of carbonyl (C=O) groups excluding carboxylic acids is 2. The number of aliphatic hydroxyl groups excluding tert-OH is 1. The number of hydrogen-bond acceptors (Lipinski definition) is 4. The van der Waals surface area contributed by atoms with Crippen molar-refractivity contribution >= 4 is 17.6 Å². The lowest BCUT2D eigenvalue weighted by atomic mass is 9.87. The fourth-order valence-corrected chi connectivity index (χ4v) is 3.86. The van der Waals surface area contributed by atoms with Crippen molar-refractivity contribution < 1.29 is 23.5 Å². The highest BCUT2D eigenvalue weighted by atomic mass is 19.1. The first-order valence-electron chi connectivity index (χ1n) is 10.6. The second-order valence-electron chi connectivity index (χ2n) is 8.14. The van der Waals surface area contributed by atoms with Gasteiger partial charge in [0.15, 0.2) is 11.6 Å². The third-order valence-corrected chi connectivity index (χ3v) is 5.91. The quantitative estimate of drug-likeness (QED) is 0.602. The molecular weight excluding hydrogens is 442 g/mol. The summed E-state index contributed by atoms with van der Waals surface area (Å²) in [6.45, 7) is 1.81. The number of benzene rings is 2. The summed E-state index contributed by atoms with van der Waals surface area (Å²) < 4.78 is 31.5. The first-order chi connectivity index (χ1) is 16.2. The molecule has 1 saturated heterocycles. The number of hydrogen-bond donors (Lipinski definition) is 1. The summed E-state index contributed by atoms with van der Waals surface area (Å²) >= 11 is 0. The van der Waals surface area contributed by atoms with Crippen LogP contribution in [0.2, 0.25) is 0 Å². The zero-order valence-electron chi connectivity index (χ0n) is 18.6. The highest BCUT2D eigenvalue weighted by molar-refractivity contribution is 6.16. The van der Waals surface area contributed by atoms with E-state index in [2.05, 4.69) is 16.9 Å². The molecule has 1 aliphatic heterocycles. The lowest BCUT2D eigenvalue weighted by Crippen LogP contribution is -2.60. The summed E-state index contributed by atoms with van der Waals surface area (Å²) in [5.74, 6) is 2.64. The van der Waals surface area contributed by atoms with Crippen molar-refractivity contribution in [3.63, 3.8) is 0 Å². The molecule has 2 heterocycles. The monoisotopic (exact) mass is 464 g/mol. The van der Waals surface area contributed by atoms with Crippen molar-refractivity contribution in [1.82, 2.24) is 14.7 Å². The third kappa shape index (κ3) is 4.16. The number of aliphatic hydroxyl groups is 1. The zero-order valence-corrected chi connectivity index (χ0v) is 18.6. The third-order valence-electron chi connectivity index (χ3n) is 5.91. The average molecular weight is 464 g/mol. The molecule has 0 saturated carbocycles. The Bertz CT molecular complexity index is 1290. The molecule has 0 aliphatic carbocycles. The highest BCUT2D eigenvalue weighted by Crippen LogP contribution is 2.39. The summed E-state index contributed by atoms with van der Waals surface area (Å²) in [6.07, 6.45) is 2.92. The first kappa shape index (κ1) is 23.1. The molecule has 7 nitrogen and oxygen atoms in total. The standard InChI is InChI=1S/C25H22F2N4O3/c1-25(19-15-28-30(16-19)10-11-32)14-22(33)31(24(34)29(25)2)23-20(26)12-18(13-21(23)27)9-8-17-6-4-3-5-7-17/h3-7,12-13,15-16,32H,10-11,14H2,1-2H3/t25-/m0/s1. The molecule has 9 heteroatoms. The van der Waals surface area contributed by atoms with Gasteiger partial charge in [0.2, 0.25) is 5.91 Å². The van der Waals surface area contributed by atoms with Crippen molar-refractivity contribution in [2.75, 3.05) is 18.6 Å². The summed E-state index contributed by atoms with van der Waals surface area (Å²) in [6, 6.07) is 10.1. The minimum atomic E-state index is -1.08. The van der Waals surface area contributed by atoms with Gasteiger partial charge in [0.25, 0.3) is 0 Å². The van der Waals surface area contributed by atoms with Crippen LogP contribution in [0.5, 0.6) is 0 Å². The molecule has 4 rings (SSSR count). The predicted molar refractivity (Wildman–Crippen MR) is 121 cm³/mol. The maximum absolute atomic E-state index is 15.0. The van der Waals surface area contributed by atoms with Gasteiger partial charge in [-0.3, -0.25) is 9.48 Å². The summed E-state index contributed by atoms with van der Waals surface area (Å²) in [5, 5.41) is 13.2. The van der Waals surface area contributed by atoms with Crippen LogP contribution in [0.1, 0.15) is 30.0 Å². The Morgan fingerprint density at radius 3 is 2.38 bits per heavy atom. The van der Waals surface area contributed by atoms with Crippen LogP contribution in [0.4, 0.5) is 19.3 Å². The largest absolute Gasteiger partial charge is 0.394 e. The molecule has 1 atom stereocenters. The molecule has 34 heavy (non-hydrogen) atoms. The lowest BCUT2D eigenvalue weighted by molar-refractivity contribution is -0.122. The number of halogens is 2. The minimum Gasteiger partial charge on any atom is -0.394 e. The van der Waals surface area contributed by atoms with Gasteiger partial charge < -0.3 is 10.0 Å². The molecule has 1 aromatic heterocycles. The van der Waals surface area contributed by atoms with Gasteiger partial charge >= 0.3 is 6.03 Å². The van der Waals surface area contributed by atoms with E-state index in [0.717, 1.165) is 12.1 Å². The van der Waals surface area contributed by atoms with Gasteiger partial charge in [-0.05, 0) is 31.2 Å². The van der Waals surface area contributed by atoms with E-state index < -0.39 is 34.8 Å². The highest BCUT2D eigenvalue weighted by Gasteiger charge is 2.48. The molecular formula is C25H22F2N4O3. The van der Waals surface area contributed by atoms with E-state index in [1.54, 1.807) is 37.4 Å². The number of amides is 3. The molecule has 0 radical (unpaired) electrons. The van der Waals surface area contributed by atoms with Crippen LogP contribution in [0.25, 0.3) is 0 Å². The second kappa shape index (κ2) is 9.08. The van der Waals surface area contributed by atoms with Crippen LogP contribution in [0.15, 0.2) is 54.9 Å². The van der Waals surface area contributed by atoms with E-state index in [1.807, 2.05) is 6.07 Å². The average Bonchev–Trinajstić information content (AvgIpc) is 3.28. The van der Waals surface area contributed by atoms with Gasteiger partial charge in [-0.1, -0.05) is 30.0 Å². The van der Waals surface area contributed by atoms with Crippen LogP contribution >= 0.6 is 0 Å². The number of rotatable bonds is 4. The molecule has 174 valence electrons.